The second-order valence-electron chi connectivity index (χ2n) is 6.36. The summed E-state index contributed by atoms with van der Waals surface area (Å²) in [5, 5.41) is 0.708. The van der Waals surface area contributed by atoms with Crippen molar-refractivity contribution in [1.82, 2.24) is 4.98 Å². The molecule has 3 rings (SSSR count). The molecule has 1 heterocycles. The standard InChI is InChI=1S/C24H21BrClN/c1-3-9-20(25)14-17(2)19-15-23(18-10-5-4-6-11-18)27-24(16-19)21-12-7-8-13-22(21)26/h3-17H,1-2H3/b9-3-,20-14+. The molecule has 0 saturated carbocycles. The Labute approximate surface area is 174 Å². The van der Waals surface area contributed by atoms with Crippen LogP contribution in [0.1, 0.15) is 25.3 Å². The molecule has 136 valence electrons. The third-order valence-corrected chi connectivity index (χ3v) is 5.19. The first-order valence-electron chi connectivity index (χ1n) is 8.91. The van der Waals surface area contributed by atoms with Crippen LogP contribution >= 0.6 is 27.5 Å². The van der Waals surface area contributed by atoms with Crippen molar-refractivity contribution in [1.29, 1.82) is 0 Å². The molecular formula is C24H21BrClN. The highest BCUT2D eigenvalue weighted by atomic mass is 79.9. The molecule has 1 nitrogen and oxygen atoms in total. The monoisotopic (exact) mass is 437 g/mol. The number of rotatable bonds is 5. The largest absolute Gasteiger partial charge is 0.248 e. The van der Waals surface area contributed by atoms with Crippen LogP contribution in [0.4, 0.5) is 0 Å². The van der Waals surface area contributed by atoms with Crippen LogP contribution in [0.25, 0.3) is 22.5 Å². The van der Waals surface area contributed by atoms with Gasteiger partial charge in [0.1, 0.15) is 0 Å². The lowest BCUT2D eigenvalue weighted by Crippen LogP contribution is -1.96. The van der Waals surface area contributed by atoms with Crippen LogP contribution in [0.5, 0.6) is 0 Å². The minimum Gasteiger partial charge on any atom is -0.248 e. The lowest BCUT2D eigenvalue weighted by Gasteiger charge is -2.14. The summed E-state index contributed by atoms with van der Waals surface area (Å²) in [7, 11) is 0. The van der Waals surface area contributed by atoms with Gasteiger partial charge in [0, 0.05) is 26.5 Å². The predicted octanol–water partition coefficient (Wildman–Crippen LogP) is 8.03. The van der Waals surface area contributed by atoms with Crippen LogP contribution in [-0.2, 0) is 0 Å². The quantitative estimate of drug-likeness (QED) is 0.367. The van der Waals surface area contributed by atoms with Crippen molar-refractivity contribution in [2.24, 2.45) is 0 Å². The van der Waals surface area contributed by atoms with E-state index in [1.165, 1.54) is 5.56 Å². The van der Waals surface area contributed by atoms with Gasteiger partial charge in [0.25, 0.3) is 0 Å². The van der Waals surface area contributed by atoms with Gasteiger partial charge in [-0.15, -0.1) is 0 Å². The van der Waals surface area contributed by atoms with Crippen LogP contribution in [0.3, 0.4) is 0 Å². The van der Waals surface area contributed by atoms with E-state index in [9.17, 15) is 0 Å². The van der Waals surface area contributed by atoms with Crippen molar-refractivity contribution in [3.63, 3.8) is 0 Å². The minimum absolute atomic E-state index is 0.224. The van der Waals surface area contributed by atoms with Crippen molar-refractivity contribution in [3.8, 4) is 22.5 Å². The van der Waals surface area contributed by atoms with Crippen LogP contribution in [0.15, 0.2) is 89.4 Å². The molecule has 0 amide bonds. The summed E-state index contributed by atoms with van der Waals surface area (Å²) in [6.07, 6.45) is 6.26. The lowest BCUT2D eigenvalue weighted by molar-refractivity contribution is 0.961. The SMILES string of the molecule is C/C=C\C(Br)=C/C(C)c1cc(-c2ccccc2)nc(-c2ccccc2Cl)c1. The normalized spacial score (nSPS) is 13.1. The fourth-order valence-electron chi connectivity index (χ4n) is 2.93. The molecule has 0 bridgehead atoms. The molecule has 0 aliphatic carbocycles. The number of nitrogens with zero attached hydrogens (tertiary/aromatic N) is 1. The van der Waals surface area contributed by atoms with Gasteiger partial charge in [0.2, 0.25) is 0 Å². The molecule has 1 unspecified atom stereocenters. The number of hydrogen-bond donors (Lipinski definition) is 0. The van der Waals surface area contributed by atoms with Crippen molar-refractivity contribution in [2.75, 3.05) is 0 Å². The third-order valence-electron chi connectivity index (χ3n) is 4.33. The van der Waals surface area contributed by atoms with Crippen LogP contribution in [0, 0.1) is 0 Å². The summed E-state index contributed by atoms with van der Waals surface area (Å²) >= 11 is 10.1. The fraction of sp³-hybridized carbons (Fsp3) is 0.125. The number of hydrogen-bond acceptors (Lipinski definition) is 1. The molecule has 2 aromatic carbocycles. The van der Waals surface area contributed by atoms with Gasteiger partial charge in [0.05, 0.1) is 11.4 Å². The Morgan fingerprint density at radius 2 is 1.67 bits per heavy atom. The first-order chi connectivity index (χ1) is 13.1. The van der Waals surface area contributed by atoms with Gasteiger partial charge >= 0.3 is 0 Å². The molecular weight excluding hydrogens is 418 g/mol. The minimum atomic E-state index is 0.224. The van der Waals surface area contributed by atoms with Crippen molar-refractivity contribution in [3.05, 3.63) is 100 Å². The molecule has 0 fully saturated rings. The zero-order chi connectivity index (χ0) is 19.2. The van der Waals surface area contributed by atoms with E-state index in [4.69, 9.17) is 16.6 Å². The molecule has 0 aliphatic heterocycles. The predicted molar refractivity (Wildman–Crippen MR) is 120 cm³/mol. The number of allylic oxidation sites excluding steroid dienone is 4. The maximum Gasteiger partial charge on any atom is 0.0727 e. The fourth-order valence-corrected chi connectivity index (χ4v) is 3.82. The molecule has 27 heavy (non-hydrogen) atoms. The third kappa shape index (κ3) is 4.97. The first-order valence-corrected chi connectivity index (χ1v) is 10.1. The van der Waals surface area contributed by atoms with E-state index in [2.05, 4.69) is 53.2 Å². The second kappa shape index (κ2) is 9.16. The summed E-state index contributed by atoms with van der Waals surface area (Å²) in [5.74, 6) is 0.224. The van der Waals surface area contributed by atoms with E-state index < -0.39 is 0 Å². The smallest absolute Gasteiger partial charge is 0.0727 e. The van der Waals surface area contributed by atoms with E-state index in [1.807, 2.05) is 61.5 Å². The van der Waals surface area contributed by atoms with E-state index >= 15 is 0 Å². The second-order valence-corrected chi connectivity index (χ2v) is 7.68. The molecule has 3 aromatic rings. The first kappa shape index (κ1) is 19.6. The molecule has 0 spiro atoms. The van der Waals surface area contributed by atoms with Crippen molar-refractivity contribution < 1.29 is 0 Å². The van der Waals surface area contributed by atoms with Crippen LogP contribution in [-0.4, -0.2) is 4.98 Å². The van der Waals surface area contributed by atoms with Crippen LogP contribution < -0.4 is 0 Å². The molecule has 0 N–H and O–H groups in total. The summed E-state index contributed by atoms with van der Waals surface area (Å²) in [6, 6.07) is 22.4. The van der Waals surface area contributed by atoms with Gasteiger partial charge in [-0.25, -0.2) is 4.98 Å². The zero-order valence-electron chi connectivity index (χ0n) is 15.4. The maximum absolute atomic E-state index is 6.45. The zero-order valence-corrected chi connectivity index (χ0v) is 17.7. The molecule has 3 heteroatoms. The Morgan fingerprint density at radius 1 is 1.00 bits per heavy atom. The number of aromatic nitrogens is 1. The van der Waals surface area contributed by atoms with Gasteiger partial charge < -0.3 is 0 Å². The van der Waals surface area contributed by atoms with Gasteiger partial charge in [-0.1, -0.05) is 101 Å². The number of benzene rings is 2. The molecule has 1 aromatic heterocycles. The van der Waals surface area contributed by atoms with Gasteiger partial charge in [-0.2, -0.15) is 0 Å². The van der Waals surface area contributed by atoms with Gasteiger partial charge in [-0.3, -0.25) is 0 Å². The summed E-state index contributed by atoms with van der Waals surface area (Å²) in [4.78, 5) is 4.90. The molecule has 0 aliphatic rings. The van der Waals surface area contributed by atoms with Gasteiger partial charge in [0.15, 0.2) is 0 Å². The Hall–Kier alpha value is -2.16. The van der Waals surface area contributed by atoms with Gasteiger partial charge in [-0.05, 0) is 30.7 Å². The lowest BCUT2D eigenvalue weighted by atomic mass is 9.96. The Balaban J connectivity index is 2.14. The van der Waals surface area contributed by atoms with Crippen molar-refractivity contribution in [2.45, 2.75) is 19.8 Å². The van der Waals surface area contributed by atoms with E-state index in [0.717, 1.165) is 27.0 Å². The summed E-state index contributed by atoms with van der Waals surface area (Å²) in [6.45, 7) is 4.19. The summed E-state index contributed by atoms with van der Waals surface area (Å²) in [5.41, 5.74) is 5.07. The maximum atomic E-state index is 6.45. The highest BCUT2D eigenvalue weighted by molar-refractivity contribution is 9.11. The summed E-state index contributed by atoms with van der Waals surface area (Å²) < 4.78 is 1.06. The highest BCUT2D eigenvalue weighted by Gasteiger charge is 2.12. The number of halogens is 2. The Bertz CT molecular complexity index is 977. The molecule has 0 saturated heterocycles. The topological polar surface area (TPSA) is 12.9 Å². The van der Waals surface area contributed by atoms with E-state index in [-0.39, 0.29) is 5.92 Å². The Kier molecular flexibility index (Phi) is 6.65. The van der Waals surface area contributed by atoms with E-state index in [0.29, 0.717) is 5.02 Å². The Morgan fingerprint density at radius 3 is 2.37 bits per heavy atom. The molecule has 0 radical (unpaired) electrons. The van der Waals surface area contributed by atoms with Crippen molar-refractivity contribution >= 4 is 27.5 Å². The number of pyridine rings is 1. The average Bonchev–Trinajstić information content (AvgIpc) is 2.69. The average molecular weight is 439 g/mol. The molecule has 1 atom stereocenters. The van der Waals surface area contributed by atoms with Crippen LogP contribution in [0.2, 0.25) is 5.02 Å². The highest BCUT2D eigenvalue weighted by Crippen LogP contribution is 2.32. The van der Waals surface area contributed by atoms with E-state index in [1.54, 1.807) is 0 Å².